The molecule has 5 heteroatoms. The number of carbonyl (C=O) groups is 1. The first-order chi connectivity index (χ1) is 8.72. The van der Waals surface area contributed by atoms with Crippen LogP contribution in [0, 0.1) is 5.82 Å². The van der Waals surface area contributed by atoms with E-state index >= 15 is 0 Å². The second-order valence-electron chi connectivity index (χ2n) is 4.30. The van der Waals surface area contributed by atoms with Crippen molar-refractivity contribution in [2.75, 3.05) is 31.1 Å². The number of carbonyl (C=O) groups excluding carboxylic acids is 1. The summed E-state index contributed by atoms with van der Waals surface area (Å²) in [6, 6.07) is 5.04. The molecule has 1 amide bonds. The highest BCUT2D eigenvalue weighted by molar-refractivity contribution is 5.83. The van der Waals surface area contributed by atoms with Gasteiger partial charge in [0.25, 0.3) is 0 Å². The van der Waals surface area contributed by atoms with E-state index in [9.17, 15) is 9.18 Å². The van der Waals surface area contributed by atoms with E-state index in [0.717, 1.165) is 12.1 Å². The van der Waals surface area contributed by atoms with Gasteiger partial charge in [-0.2, -0.15) is 0 Å². The van der Waals surface area contributed by atoms with Crippen LogP contribution in [0.25, 0.3) is 0 Å². The molecule has 0 radical (unpaired) electrons. The van der Waals surface area contributed by atoms with Crippen molar-refractivity contribution in [3.05, 3.63) is 29.6 Å². The summed E-state index contributed by atoms with van der Waals surface area (Å²) in [7, 11) is 0. The summed E-state index contributed by atoms with van der Waals surface area (Å²) in [4.78, 5) is 13.2. The molecule has 0 bridgehead atoms. The lowest BCUT2D eigenvalue weighted by Crippen LogP contribution is -2.48. The van der Waals surface area contributed by atoms with Crippen molar-refractivity contribution in [3.63, 3.8) is 0 Å². The molecule has 0 aromatic heterocycles. The maximum absolute atomic E-state index is 14.0. The van der Waals surface area contributed by atoms with Crippen molar-refractivity contribution < 1.29 is 9.18 Å². The lowest BCUT2D eigenvalue weighted by molar-refractivity contribution is -0.120. The van der Waals surface area contributed by atoms with Gasteiger partial charge in [0.15, 0.2) is 0 Å². The van der Waals surface area contributed by atoms with E-state index in [-0.39, 0.29) is 18.3 Å². The minimum atomic E-state index is -0.264. The number of benzene rings is 1. The minimum absolute atomic E-state index is 0.0566. The van der Waals surface area contributed by atoms with E-state index < -0.39 is 0 Å². The molecule has 0 atom stereocenters. The number of rotatable bonds is 4. The Hall–Kier alpha value is -1.62. The Balaban J connectivity index is 2.26. The second kappa shape index (κ2) is 5.82. The van der Waals surface area contributed by atoms with Gasteiger partial charge >= 0.3 is 0 Å². The maximum atomic E-state index is 14.0. The molecule has 0 saturated carbocycles. The van der Waals surface area contributed by atoms with Crippen LogP contribution >= 0.6 is 0 Å². The first-order valence-corrected chi connectivity index (χ1v) is 6.22. The third kappa shape index (κ3) is 2.79. The third-order valence-electron chi connectivity index (χ3n) is 2.99. The molecular weight excluding hydrogens is 233 g/mol. The smallest absolute Gasteiger partial charge is 0.239 e. The number of para-hydroxylation sites is 1. The highest BCUT2D eigenvalue weighted by atomic mass is 19.1. The molecule has 98 valence electrons. The van der Waals surface area contributed by atoms with Gasteiger partial charge in [-0.25, -0.2) is 4.39 Å². The zero-order valence-electron chi connectivity index (χ0n) is 10.5. The van der Waals surface area contributed by atoms with Crippen LogP contribution in [0.2, 0.25) is 0 Å². The number of nitrogens with zero attached hydrogens (tertiary/aromatic N) is 1. The molecule has 1 fully saturated rings. The Labute approximate surface area is 106 Å². The van der Waals surface area contributed by atoms with Crippen molar-refractivity contribution >= 4 is 11.6 Å². The Morgan fingerprint density at radius 1 is 1.50 bits per heavy atom. The predicted molar refractivity (Wildman–Crippen MR) is 69.0 cm³/mol. The summed E-state index contributed by atoms with van der Waals surface area (Å²) in [5, 5.41) is 5.93. The summed E-state index contributed by atoms with van der Waals surface area (Å²) < 4.78 is 14.0. The van der Waals surface area contributed by atoms with Gasteiger partial charge in [0, 0.05) is 19.6 Å². The number of hydrogen-bond acceptors (Lipinski definition) is 3. The van der Waals surface area contributed by atoms with Crippen LogP contribution in [0.3, 0.4) is 0 Å². The Bertz CT molecular complexity index is 436. The fourth-order valence-electron chi connectivity index (χ4n) is 2.15. The van der Waals surface area contributed by atoms with Gasteiger partial charge in [-0.15, -0.1) is 0 Å². The minimum Gasteiger partial charge on any atom is -0.358 e. The molecule has 0 aliphatic carbocycles. The summed E-state index contributed by atoms with van der Waals surface area (Å²) in [6.07, 6.45) is 0. The molecule has 1 aromatic carbocycles. The van der Waals surface area contributed by atoms with Crippen molar-refractivity contribution in [1.82, 2.24) is 10.6 Å². The highest BCUT2D eigenvalue weighted by Gasteiger charge is 2.21. The average molecular weight is 251 g/mol. The van der Waals surface area contributed by atoms with Crippen LogP contribution in [0.5, 0.6) is 0 Å². The largest absolute Gasteiger partial charge is 0.358 e. The Morgan fingerprint density at radius 2 is 2.33 bits per heavy atom. The molecule has 1 saturated heterocycles. The molecule has 0 spiro atoms. The van der Waals surface area contributed by atoms with E-state index in [0.29, 0.717) is 25.3 Å². The quantitative estimate of drug-likeness (QED) is 0.834. The van der Waals surface area contributed by atoms with Gasteiger partial charge < -0.3 is 15.5 Å². The molecule has 2 N–H and O–H groups in total. The van der Waals surface area contributed by atoms with Crippen LogP contribution in [-0.4, -0.2) is 32.1 Å². The zero-order valence-corrected chi connectivity index (χ0v) is 10.5. The number of piperazine rings is 1. The van der Waals surface area contributed by atoms with Crippen LogP contribution in [-0.2, 0) is 11.3 Å². The summed E-state index contributed by atoms with van der Waals surface area (Å²) in [5.41, 5.74) is 1.44. The Morgan fingerprint density at radius 3 is 3.06 bits per heavy atom. The van der Waals surface area contributed by atoms with Crippen LogP contribution in [0.1, 0.15) is 12.5 Å². The van der Waals surface area contributed by atoms with Crippen LogP contribution in [0.15, 0.2) is 18.2 Å². The fourth-order valence-corrected chi connectivity index (χ4v) is 2.15. The molecule has 1 aliphatic heterocycles. The number of nitrogens with one attached hydrogen (secondary N) is 2. The number of hydrogen-bond donors (Lipinski definition) is 2. The summed E-state index contributed by atoms with van der Waals surface area (Å²) in [5.74, 6) is -0.320. The summed E-state index contributed by atoms with van der Waals surface area (Å²) >= 11 is 0. The predicted octanol–water partition coefficient (Wildman–Crippen LogP) is 0.871. The SMILES string of the molecule is CCNCc1cccc(F)c1N1CCNC(=O)C1. The molecular formula is C13H18FN3O. The van der Waals surface area contributed by atoms with Crippen LogP contribution < -0.4 is 15.5 Å². The zero-order chi connectivity index (χ0) is 13.0. The van der Waals surface area contributed by atoms with Gasteiger partial charge in [0.05, 0.1) is 12.2 Å². The highest BCUT2D eigenvalue weighted by Crippen LogP contribution is 2.25. The lowest BCUT2D eigenvalue weighted by atomic mass is 10.1. The molecule has 1 aromatic rings. The van der Waals surface area contributed by atoms with E-state index in [1.165, 1.54) is 6.07 Å². The van der Waals surface area contributed by atoms with Crippen molar-refractivity contribution in [1.29, 1.82) is 0 Å². The first kappa shape index (κ1) is 12.8. The molecule has 1 heterocycles. The summed E-state index contributed by atoms with van der Waals surface area (Å²) in [6.45, 7) is 4.88. The molecule has 0 unspecified atom stereocenters. The van der Waals surface area contributed by atoms with Crippen molar-refractivity contribution in [3.8, 4) is 0 Å². The third-order valence-corrected chi connectivity index (χ3v) is 2.99. The van der Waals surface area contributed by atoms with Gasteiger partial charge in [-0.3, -0.25) is 4.79 Å². The van der Waals surface area contributed by atoms with E-state index in [4.69, 9.17) is 0 Å². The van der Waals surface area contributed by atoms with E-state index in [1.807, 2.05) is 13.0 Å². The van der Waals surface area contributed by atoms with Crippen LogP contribution in [0.4, 0.5) is 10.1 Å². The Kier molecular flexibility index (Phi) is 4.15. The van der Waals surface area contributed by atoms with Crippen molar-refractivity contribution in [2.45, 2.75) is 13.5 Å². The topological polar surface area (TPSA) is 44.4 Å². The second-order valence-corrected chi connectivity index (χ2v) is 4.30. The average Bonchev–Trinajstić information content (AvgIpc) is 2.36. The fraction of sp³-hybridized carbons (Fsp3) is 0.462. The first-order valence-electron chi connectivity index (χ1n) is 6.22. The maximum Gasteiger partial charge on any atom is 0.239 e. The number of amides is 1. The van der Waals surface area contributed by atoms with Gasteiger partial charge in [-0.1, -0.05) is 19.1 Å². The standard InChI is InChI=1S/C13H18FN3O/c1-2-15-8-10-4-3-5-11(14)13(10)17-7-6-16-12(18)9-17/h3-5,15H,2,6-9H2,1H3,(H,16,18). The van der Waals surface area contributed by atoms with Crippen molar-refractivity contribution in [2.24, 2.45) is 0 Å². The van der Waals surface area contributed by atoms with E-state index in [1.54, 1.807) is 11.0 Å². The lowest BCUT2D eigenvalue weighted by Gasteiger charge is -2.30. The molecule has 1 aliphatic rings. The van der Waals surface area contributed by atoms with Gasteiger partial charge in [-0.05, 0) is 18.2 Å². The number of anilines is 1. The monoisotopic (exact) mass is 251 g/mol. The molecule has 18 heavy (non-hydrogen) atoms. The molecule has 4 nitrogen and oxygen atoms in total. The van der Waals surface area contributed by atoms with Gasteiger partial charge in [0.1, 0.15) is 5.82 Å². The normalized spacial score (nSPS) is 15.7. The van der Waals surface area contributed by atoms with E-state index in [2.05, 4.69) is 10.6 Å². The van der Waals surface area contributed by atoms with Gasteiger partial charge in [0.2, 0.25) is 5.91 Å². The number of halogens is 1. The molecule has 2 rings (SSSR count).